The highest BCUT2D eigenvalue weighted by atomic mass is 28.4. The van der Waals surface area contributed by atoms with Gasteiger partial charge in [0.1, 0.15) is 0 Å². The van der Waals surface area contributed by atoms with Gasteiger partial charge in [-0.05, 0) is 43.3 Å². The van der Waals surface area contributed by atoms with Gasteiger partial charge in [0.2, 0.25) is 0 Å². The molecule has 118 valence electrons. The fraction of sp³-hybridized carbons (Fsp3) is 1.00. The van der Waals surface area contributed by atoms with Crippen molar-refractivity contribution in [2.75, 3.05) is 6.61 Å². The van der Waals surface area contributed by atoms with Crippen LogP contribution in [0.2, 0.25) is 18.1 Å². The maximum atomic E-state index is 13.1. The SMILES string of the molecule is CC(C)(C)[Si](C)(C)OCCC1C2(N)CC1(C(F)(F)F)C2. The Balaban J connectivity index is 1.90. The van der Waals surface area contributed by atoms with Gasteiger partial charge in [0.25, 0.3) is 0 Å². The molecule has 1 atom stereocenters. The summed E-state index contributed by atoms with van der Waals surface area (Å²) >= 11 is 0. The van der Waals surface area contributed by atoms with Crippen LogP contribution in [-0.2, 0) is 4.43 Å². The standard InChI is InChI=1S/C14H26F3NOSi/c1-11(2,3)20(4,5)19-7-6-10-12(14(15,16)17)8-13(10,18)9-12/h10H,6-9,18H2,1-5H3. The molecule has 3 aliphatic carbocycles. The Morgan fingerprint density at radius 2 is 1.70 bits per heavy atom. The van der Waals surface area contributed by atoms with Gasteiger partial charge in [-0.3, -0.25) is 0 Å². The van der Waals surface area contributed by atoms with Crippen LogP contribution in [0.5, 0.6) is 0 Å². The molecule has 6 heteroatoms. The van der Waals surface area contributed by atoms with E-state index in [1.165, 1.54) is 0 Å². The molecule has 3 fully saturated rings. The van der Waals surface area contributed by atoms with Crippen molar-refractivity contribution in [3.8, 4) is 0 Å². The average Bonchev–Trinajstić information content (AvgIpc) is 2.17. The summed E-state index contributed by atoms with van der Waals surface area (Å²) in [6, 6.07) is 0. The van der Waals surface area contributed by atoms with Crippen LogP contribution in [0, 0.1) is 11.3 Å². The molecule has 0 spiro atoms. The van der Waals surface area contributed by atoms with E-state index in [1.54, 1.807) is 0 Å². The molecule has 3 saturated carbocycles. The minimum Gasteiger partial charge on any atom is -0.417 e. The summed E-state index contributed by atoms with van der Waals surface area (Å²) in [7, 11) is -1.88. The Kier molecular flexibility index (Phi) is 3.45. The molecule has 0 saturated heterocycles. The first-order valence-electron chi connectivity index (χ1n) is 7.25. The van der Waals surface area contributed by atoms with E-state index >= 15 is 0 Å². The minimum atomic E-state index is -4.12. The van der Waals surface area contributed by atoms with Crippen molar-refractivity contribution in [3.05, 3.63) is 0 Å². The van der Waals surface area contributed by atoms with Gasteiger partial charge in [-0.2, -0.15) is 13.2 Å². The summed E-state index contributed by atoms with van der Waals surface area (Å²) in [4.78, 5) is 0. The summed E-state index contributed by atoms with van der Waals surface area (Å²) < 4.78 is 45.3. The molecule has 20 heavy (non-hydrogen) atoms. The highest BCUT2D eigenvalue weighted by molar-refractivity contribution is 6.74. The molecule has 1 unspecified atom stereocenters. The summed E-state index contributed by atoms with van der Waals surface area (Å²) in [5.41, 5.74) is 3.93. The smallest absolute Gasteiger partial charge is 0.394 e. The first-order chi connectivity index (χ1) is 8.75. The second kappa shape index (κ2) is 4.23. The molecule has 0 aliphatic heterocycles. The maximum Gasteiger partial charge on any atom is 0.394 e. The summed E-state index contributed by atoms with van der Waals surface area (Å²) in [5.74, 6) is -0.445. The lowest BCUT2D eigenvalue weighted by molar-refractivity contribution is -0.372. The summed E-state index contributed by atoms with van der Waals surface area (Å²) in [6.07, 6.45) is -3.47. The molecular weight excluding hydrogens is 283 g/mol. The van der Waals surface area contributed by atoms with Crippen molar-refractivity contribution in [1.82, 2.24) is 0 Å². The van der Waals surface area contributed by atoms with E-state index in [-0.39, 0.29) is 17.9 Å². The van der Waals surface area contributed by atoms with Gasteiger partial charge in [-0.15, -0.1) is 0 Å². The zero-order valence-electron chi connectivity index (χ0n) is 13.0. The van der Waals surface area contributed by atoms with Crippen LogP contribution in [0.15, 0.2) is 0 Å². The first-order valence-corrected chi connectivity index (χ1v) is 10.2. The summed E-state index contributed by atoms with van der Waals surface area (Å²) in [6.45, 7) is 11.0. The number of alkyl halides is 3. The van der Waals surface area contributed by atoms with Crippen molar-refractivity contribution in [2.24, 2.45) is 17.1 Å². The largest absolute Gasteiger partial charge is 0.417 e. The lowest BCUT2D eigenvalue weighted by atomic mass is 9.32. The second-order valence-electron chi connectivity index (χ2n) is 8.19. The molecule has 0 aromatic rings. The van der Waals surface area contributed by atoms with Crippen molar-refractivity contribution in [2.45, 2.75) is 69.9 Å². The molecule has 0 radical (unpaired) electrons. The molecule has 0 amide bonds. The predicted octanol–water partition coefficient (Wildman–Crippen LogP) is 4.07. The maximum absolute atomic E-state index is 13.1. The van der Waals surface area contributed by atoms with Crippen LogP contribution in [0.3, 0.4) is 0 Å². The van der Waals surface area contributed by atoms with E-state index in [2.05, 4.69) is 33.9 Å². The Morgan fingerprint density at radius 1 is 1.20 bits per heavy atom. The molecular formula is C14H26F3NOSi. The van der Waals surface area contributed by atoms with Crippen LogP contribution in [0.1, 0.15) is 40.0 Å². The van der Waals surface area contributed by atoms with E-state index in [4.69, 9.17) is 10.2 Å². The van der Waals surface area contributed by atoms with Crippen LogP contribution in [-0.4, -0.2) is 26.6 Å². The van der Waals surface area contributed by atoms with Gasteiger partial charge in [-0.1, -0.05) is 20.8 Å². The van der Waals surface area contributed by atoms with E-state index in [1.807, 2.05) is 0 Å². The monoisotopic (exact) mass is 309 g/mol. The van der Waals surface area contributed by atoms with Crippen molar-refractivity contribution in [3.63, 3.8) is 0 Å². The molecule has 0 aromatic carbocycles. The van der Waals surface area contributed by atoms with Crippen LogP contribution in [0.25, 0.3) is 0 Å². The van der Waals surface area contributed by atoms with Crippen LogP contribution < -0.4 is 5.73 Å². The van der Waals surface area contributed by atoms with E-state index in [0.717, 1.165) is 0 Å². The number of hydrogen-bond donors (Lipinski definition) is 1. The van der Waals surface area contributed by atoms with Crippen molar-refractivity contribution in [1.29, 1.82) is 0 Å². The van der Waals surface area contributed by atoms with Gasteiger partial charge < -0.3 is 10.2 Å². The normalized spacial score (nSPS) is 37.4. The third-order valence-electron chi connectivity index (χ3n) is 5.89. The first kappa shape index (κ1) is 16.3. The lowest BCUT2D eigenvalue weighted by Gasteiger charge is -2.75. The average molecular weight is 309 g/mol. The Hall–Kier alpha value is -0.0731. The molecule has 3 rings (SSSR count). The zero-order valence-corrected chi connectivity index (χ0v) is 14.0. The number of rotatable bonds is 4. The van der Waals surface area contributed by atoms with Gasteiger partial charge in [0.05, 0.1) is 5.41 Å². The molecule has 2 N–H and O–H groups in total. The second-order valence-corrected chi connectivity index (χ2v) is 13.0. The molecule has 0 heterocycles. The highest BCUT2D eigenvalue weighted by Crippen LogP contribution is 2.76. The fourth-order valence-electron chi connectivity index (χ4n) is 3.51. The molecule has 3 aliphatic rings. The van der Waals surface area contributed by atoms with Crippen molar-refractivity contribution >= 4 is 8.32 Å². The third kappa shape index (κ3) is 2.15. The topological polar surface area (TPSA) is 35.2 Å². The number of nitrogens with two attached hydrogens (primary N) is 1. The number of halogens is 3. The molecule has 2 bridgehead atoms. The Labute approximate surface area is 120 Å². The van der Waals surface area contributed by atoms with Crippen LogP contribution >= 0.6 is 0 Å². The Morgan fingerprint density at radius 3 is 2.05 bits per heavy atom. The third-order valence-corrected chi connectivity index (χ3v) is 10.4. The predicted molar refractivity (Wildman–Crippen MR) is 75.9 cm³/mol. The van der Waals surface area contributed by atoms with Gasteiger partial charge in [-0.25, -0.2) is 0 Å². The lowest BCUT2D eigenvalue weighted by Crippen LogP contribution is -2.83. The Bertz CT molecular complexity index is 394. The quantitative estimate of drug-likeness (QED) is 0.795. The summed E-state index contributed by atoms with van der Waals surface area (Å²) in [5, 5.41) is 0.0810. The van der Waals surface area contributed by atoms with Crippen molar-refractivity contribution < 1.29 is 17.6 Å². The highest BCUT2D eigenvalue weighted by Gasteiger charge is 2.82. The zero-order chi connectivity index (χ0) is 15.6. The van der Waals surface area contributed by atoms with Gasteiger partial charge >= 0.3 is 6.18 Å². The molecule has 0 aromatic heterocycles. The minimum absolute atomic E-state index is 0.0810. The number of hydrogen-bond acceptors (Lipinski definition) is 2. The van der Waals surface area contributed by atoms with Crippen LogP contribution in [0.4, 0.5) is 13.2 Å². The van der Waals surface area contributed by atoms with Gasteiger partial charge in [0.15, 0.2) is 8.32 Å². The molecule has 2 nitrogen and oxygen atoms in total. The van der Waals surface area contributed by atoms with E-state index in [9.17, 15) is 13.2 Å². The van der Waals surface area contributed by atoms with E-state index in [0.29, 0.717) is 13.0 Å². The van der Waals surface area contributed by atoms with Gasteiger partial charge in [0, 0.05) is 12.1 Å². The fourth-order valence-corrected chi connectivity index (χ4v) is 4.58. The van der Waals surface area contributed by atoms with E-state index < -0.39 is 31.4 Å².